The normalized spacial score (nSPS) is 13.9. The predicted molar refractivity (Wildman–Crippen MR) is 139 cm³/mol. The quantitative estimate of drug-likeness (QED) is 0.205. The number of amides is 2. The Labute approximate surface area is 213 Å². The lowest BCUT2D eigenvalue weighted by Crippen LogP contribution is -2.51. The first-order valence-corrected chi connectivity index (χ1v) is 13.7. The number of rotatable bonds is 7. The molecule has 4 aromatic rings. The van der Waals surface area contributed by atoms with Crippen LogP contribution in [0.5, 0.6) is 0 Å². The molecule has 0 unspecified atom stereocenters. The van der Waals surface area contributed by atoms with Gasteiger partial charge in [-0.25, -0.2) is 4.98 Å². The summed E-state index contributed by atoms with van der Waals surface area (Å²) >= 11 is 4.27. The van der Waals surface area contributed by atoms with Gasteiger partial charge in [-0.15, -0.1) is 29.3 Å². The van der Waals surface area contributed by atoms with Crippen molar-refractivity contribution < 1.29 is 14.0 Å². The van der Waals surface area contributed by atoms with E-state index in [0.29, 0.717) is 53.9 Å². The van der Waals surface area contributed by atoms with E-state index in [0.717, 1.165) is 10.4 Å². The first kappa shape index (κ1) is 23.6. The van der Waals surface area contributed by atoms with E-state index in [2.05, 4.69) is 6.58 Å². The Morgan fingerprint density at radius 1 is 1.14 bits per heavy atom. The topological polar surface area (TPSA) is 88.7 Å². The third-order valence-corrected chi connectivity index (χ3v) is 8.47. The number of carbonyl (C=O) groups excluding carboxylic acids is 2. The molecule has 0 aromatic carbocycles. The summed E-state index contributed by atoms with van der Waals surface area (Å²) in [4.78, 5) is 48.6. The summed E-state index contributed by atoms with van der Waals surface area (Å²) in [5, 5.41) is 5.05. The average molecular weight is 527 g/mol. The molecule has 1 fully saturated rings. The number of thioether (sulfide) groups is 1. The molecule has 11 heteroatoms. The van der Waals surface area contributed by atoms with Crippen LogP contribution in [0.1, 0.15) is 10.6 Å². The van der Waals surface area contributed by atoms with Gasteiger partial charge < -0.3 is 14.2 Å². The zero-order valence-electron chi connectivity index (χ0n) is 18.7. The zero-order chi connectivity index (χ0) is 24.4. The lowest BCUT2D eigenvalue weighted by Gasteiger charge is -2.34. The minimum Gasteiger partial charge on any atom is -0.459 e. The summed E-state index contributed by atoms with van der Waals surface area (Å²) in [5.74, 6) is 0.243. The molecular formula is C24H22N4O4S3. The van der Waals surface area contributed by atoms with Gasteiger partial charge in [0, 0.05) is 48.5 Å². The standard InChI is InChI=1S/C24H22N4O4S3/c1-2-7-28-23(31)20-16(18-6-4-13-33-18)14-34-21(20)25-24(28)35-15-19(29)26-8-10-27(11-9-26)22(30)17-5-3-12-32-17/h2-6,12-14H,1,7-11,15H2. The number of nitrogens with zero attached hydrogens (tertiary/aromatic N) is 4. The molecule has 1 saturated heterocycles. The average Bonchev–Trinajstić information content (AvgIpc) is 3.66. The first-order valence-electron chi connectivity index (χ1n) is 11.0. The molecule has 1 aliphatic heterocycles. The van der Waals surface area contributed by atoms with E-state index in [1.165, 1.54) is 29.4 Å². The summed E-state index contributed by atoms with van der Waals surface area (Å²) in [6.45, 7) is 5.89. The molecule has 0 radical (unpaired) electrons. The molecule has 5 rings (SSSR count). The molecule has 2 amide bonds. The second-order valence-electron chi connectivity index (χ2n) is 7.84. The Morgan fingerprint density at radius 3 is 2.63 bits per heavy atom. The van der Waals surface area contributed by atoms with Crippen LogP contribution < -0.4 is 5.56 Å². The molecule has 1 aliphatic rings. The molecule has 8 nitrogen and oxygen atoms in total. The molecule has 0 N–H and O–H groups in total. The molecule has 35 heavy (non-hydrogen) atoms. The highest BCUT2D eigenvalue weighted by Crippen LogP contribution is 2.34. The van der Waals surface area contributed by atoms with Gasteiger partial charge in [0.25, 0.3) is 11.5 Å². The molecule has 0 atom stereocenters. The Hall–Kier alpha value is -3.15. The second-order valence-corrected chi connectivity index (χ2v) is 10.6. The maximum absolute atomic E-state index is 13.4. The number of thiophene rings is 2. The zero-order valence-corrected chi connectivity index (χ0v) is 21.2. The van der Waals surface area contributed by atoms with Crippen LogP contribution in [0, 0.1) is 0 Å². The minimum atomic E-state index is -0.166. The van der Waals surface area contributed by atoms with Crippen molar-refractivity contribution in [1.82, 2.24) is 19.4 Å². The number of allylic oxidation sites excluding steroid dienone is 1. The van der Waals surface area contributed by atoms with Gasteiger partial charge in [0.2, 0.25) is 5.91 Å². The maximum Gasteiger partial charge on any atom is 0.289 e. The number of fused-ring (bicyclic) bond motifs is 1. The van der Waals surface area contributed by atoms with E-state index < -0.39 is 0 Å². The summed E-state index contributed by atoms with van der Waals surface area (Å²) in [7, 11) is 0. The van der Waals surface area contributed by atoms with E-state index in [1.54, 1.807) is 43.9 Å². The van der Waals surface area contributed by atoms with E-state index in [1.807, 2.05) is 22.9 Å². The number of aromatic nitrogens is 2. The van der Waals surface area contributed by atoms with Crippen LogP contribution in [0.15, 0.2) is 68.3 Å². The first-order chi connectivity index (χ1) is 17.1. The molecule has 0 bridgehead atoms. The van der Waals surface area contributed by atoms with Gasteiger partial charge >= 0.3 is 0 Å². The highest BCUT2D eigenvalue weighted by Gasteiger charge is 2.26. The molecular weight excluding hydrogens is 504 g/mol. The van der Waals surface area contributed by atoms with Crippen molar-refractivity contribution in [2.45, 2.75) is 11.7 Å². The fourth-order valence-corrected chi connectivity index (χ4v) is 6.67. The Morgan fingerprint density at radius 2 is 1.94 bits per heavy atom. The monoisotopic (exact) mass is 526 g/mol. The van der Waals surface area contributed by atoms with Crippen molar-refractivity contribution in [3.8, 4) is 10.4 Å². The van der Waals surface area contributed by atoms with Crippen molar-refractivity contribution in [1.29, 1.82) is 0 Å². The van der Waals surface area contributed by atoms with Gasteiger partial charge in [0.15, 0.2) is 10.9 Å². The Bertz CT molecular complexity index is 1420. The van der Waals surface area contributed by atoms with Gasteiger partial charge in [0.1, 0.15) is 4.83 Å². The smallest absolute Gasteiger partial charge is 0.289 e. The van der Waals surface area contributed by atoms with Gasteiger partial charge in [-0.1, -0.05) is 23.9 Å². The number of hydrogen-bond donors (Lipinski definition) is 0. The van der Waals surface area contributed by atoms with Crippen LogP contribution in [0.2, 0.25) is 0 Å². The highest BCUT2D eigenvalue weighted by molar-refractivity contribution is 7.99. The van der Waals surface area contributed by atoms with Crippen LogP contribution in [-0.4, -0.2) is 63.1 Å². The summed E-state index contributed by atoms with van der Waals surface area (Å²) in [6.07, 6.45) is 3.13. The number of piperazine rings is 1. The largest absolute Gasteiger partial charge is 0.459 e. The van der Waals surface area contributed by atoms with Crippen molar-refractivity contribution >= 4 is 56.5 Å². The molecule has 0 aliphatic carbocycles. The predicted octanol–water partition coefficient (Wildman–Crippen LogP) is 4.04. The Balaban J connectivity index is 1.29. The van der Waals surface area contributed by atoms with Crippen molar-refractivity contribution in [2.75, 3.05) is 31.9 Å². The van der Waals surface area contributed by atoms with E-state index >= 15 is 0 Å². The van der Waals surface area contributed by atoms with Crippen LogP contribution in [0.4, 0.5) is 0 Å². The fraction of sp³-hybridized carbons (Fsp3) is 0.250. The lowest BCUT2D eigenvalue weighted by molar-refractivity contribution is -0.129. The SMILES string of the molecule is C=CCn1c(SCC(=O)N2CCN(C(=O)c3ccco3)CC2)nc2scc(-c3cccs3)c2c1=O. The van der Waals surface area contributed by atoms with Gasteiger partial charge in [0.05, 0.1) is 17.4 Å². The number of hydrogen-bond acceptors (Lipinski definition) is 8. The van der Waals surface area contributed by atoms with Crippen LogP contribution in [-0.2, 0) is 11.3 Å². The summed E-state index contributed by atoms with van der Waals surface area (Å²) in [5.41, 5.74) is 0.768. The fourth-order valence-electron chi connectivity index (χ4n) is 3.95. The van der Waals surface area contributed by atoms with Gasteiger partial charge in [-0.2, -0.15) is 0 Å². The van der Waals surface area contributed by atoms with Gasteiger partial charge in [-0.05, 0) is 23.6 Å². The second kappa shape index (κ2) is 10.2. The number of carbonyl (C=O) groups is 2. The van der Waals surface area contributed by atoms with Gasteiger partial charge in [-0.3, -0.25) is 19.0 Å². The third kappa shape index (κ3) is 4.71. The van der Waals surface area contributed by atoms with Crippen molar-refractivity contribution in [2.24, 2.45) is 0 Å². The molecule has 0 spiro atoms. The summed E-state index contributed by atoms with van der Waals surface area (Å²) in [6, 6.07) is 7.27. The van der Waals surface area contributed by atoms with Crippen LogP contribution in [0.25, 0.3) is 20.7 Å². The van der Waals surface area contributed by atoms with E-state index in [-0.39, 0.29) is 23.1 Å². The number of furan rings is 1. The minimum absolute atomic E-state index is 0.0509. The molecule has 5 heterocycles. The van der Waals surface area contributed by atoms with Crippen LogP contribution in [0.3, 0.4) is 0 Å². The van der Waals surface area contributed by atoms with Crippen molar-refractivity contribution in [3.05, 3.63) is 70.1 Å². The van der Waals surface area contributed by atoms with E-state index in [4.69, 9.17) is 9.40 Å². The molecule has 180 valence electrons. The lowest BCUT2D eigenvalue weighted by atomic mass is 10.2. The third-order valence-electron chi connectivity index (χ3n) is 5.73. The molecule has 4 aromatic heterocycles. The van der Waals surface area contributed by atoms with E-state index in [9.17, 15) is 14.4 Å². The Kier molecular flexibility index (Phi) is 6.89. The highest BCUT2D eigenvalue weighted by atomic mass is 32.2. The van der Waals surface area contributed by atoms with Crippen molar-refractivity contribution in [3.63, 3.8) is 0 Å². The molecule has 0 saturated carbocycles. The summed E-state index contributed by atoms with van der Waals surface area (Å²) < 4.78 is 6.77. The maximum atomic E-state index is 13.4. The van der Waals surface area contributed by atoms with Crippen LogP contribution >= 0.6 is 34.4 Å².